The van der Waals surface area contributed by atoms with Gasteiger partial charge in [-0.1, -0.05) is 30.3 Å². The van der Waals surface area contributed by atoms with Crippen LogP contribution in [0.3, 0.4) is 0 Å². The fourth-order valence-electron chi connectivity index (χ4n) is 4.51. The average molecular weight is 413 g/mol. The summed E-state index contributed by atoms with van der Waals surface area (Å²) in [6.07, 6.45) is 1.16. The van der Waals surface area contributed by atoms with Crippen LogP contribution >= 0.6 is 0 Å². The van der Waals surface area contributed by atoms with Crippen LogP contribution in [-0.2, 0) is 38.3 Å². The molecule has 2 aromatic heterocycles. The number of benzene rings is 1. The molecule has 4 rings (SSSR count). The van der Waals surface area contributed by atoms with Crippen LogP contribution in [0.4, 0.5) is 0 Å². The molecule has 0 amide bonds. The molecule has 3 atom stereocenters. The quantitative estimate of drug-likeness (QED) is 0.634. The highest BCUT2D eigenvalue weighted by Gasteiger charge is 2.28. The van der Waals surface area contributed by atoms with Gasteiger partial charge in [-0.3, -0.25) is 13.9 Å². The van der Waals surface area contributed by atoms with Crippen LogP contribution in [0.25, 0.3) is 11.2 Å². The van der Waals surface area contributed by atoms with Crippen molar-refractivity contribution < 1.29 is 9.64 Å². The van der Waals surface area contributed by atoms with Crippen molar-refractivity contribution in [2.45, 2.75) is 45.6 Å². The number of nitrogens with one attached hydrogen (secondary N) is 1. The standard InChI is InChI=1S/C22H29N5O3/c1-15-12-26(13-16(2)30-15)14-18-23-20-19(21(28)25(4)22(29)24(20)3)27(18)11-10-17-8-6-5-7-9-17/h5-9,15-16H,10-14H2,1-4H3/p+1/t15-,16+. The molecule has 1 N–H and O–H groups in total. The summed E-state index contributed by atoms with van der Waals surface area (Å²) < 4.78 is 10.5. The van der Waals surface area contributed by atoms with E-state index in [9.17, 15) is 9.59 Å². The monoisotopic (exact) mass is 412 g/mol. The van der Waals surface area contributed by atoms with Crippen LogP contribution in [0.15, 0.2) is 39.9 Å². The van der Waals surface area contributed by atoms with Gasteiger partial charge in [-0.2, -0.15) is 0 Å². The van der Waals surface area contributed by atoms with Crippen molar-refractivity contribution in [3.05, 3.63) is 62.6 Å². The molecule has 0 saturated carbocycles. The first-order chi connectivity index (χ1) is 14.3. The van der Waals surface area contributed by atoms with Crippen LogP contribution < -0.4 is 16.1 Å². The summed E-state index contributed by atoms with van der Waals surface area (Å²) in [4.78, 5) is 31.6. The van der Waals surface area contributed by atoms with Crippen molar-refractivity contribution >= 4 is 11.2 Å². The first-order valence-corrected chi connectivity index (χ1v) is 10.5. The summed E-state index contributed by atoms with van der Waals surface area (Å²) >= 11 is 0. The summed E-state index contributed by atoms with van der Waals surface area (Å²) in [6.45, 7) is 7.30. The van der Waals surface area contributed by atoms with Gasteiger partial charge in [0.1, 0.15) is 31.8 Å². The highest BCUT2D eigenvalue weighted by atomic mass is 16.5. The number of aryl methyl sites for hydroxylation is 3. The Morgan fingerprint density at radius 3 is 2.40 bits per heavy atom. The van der Waals surface area contributed by atoms with Gasteiger partial charge in [0.15, 0.2) is 17.0 Å². The molecule has 3 heterocycles. The topological polar surface area (TPSA) is 75.5 Å². The number of hydrogen-bond donors (Lipinski definition) is 1. The fraction of sp³-hybridized carbons (Fsp3) is 0.500. The molecule has 1 saturated heterocycles. The first-order valence-electron chi connectivity index (χ1n) is 10.5. The number of rotatable bonds is 5. The Kier molecular flexibility index (Phi) is 5.62. The Bertz CT molecular complexity index is 1150. The van der Waals surface area contributed by atoms with Gasteiger partial charge in [0.25, 0.3) is 5.56 Å². The number of aromatic nitrogens is 4. The third-order valence-electron chi connectivity index (χ3n) is 5.92. The lowest BCUT2D eigenvalue weighted by Crippen LogP contribution is -3.14. The number of hydrogen-bond acceptors (Lipinski definition) is 4. The molecule has 1 unspecified atom stereocenters. The van der Waals surface area contributed by atoms with E-state index >= 15 is 0 Å². The summed E-state index contributed by atoms with van der Waals surface area (Å²) in [5, 5.41) is 0. The zero-order valence-corrected chi connectivity index (χ0v) is 18.1. The SMILES string of the molecule is C[C@@H]1C[NH+](Cc2nc3c(c(=O)n(C)c(=O)n3C)n2CCc2ccccc2)C[C@H](C)O1. The van der Waals surface area contributed by atoms with E-state index in [-0.39, 0.29) is 23.5 Å². The molecule has 1 aliphatic rings. The van der Waals surface area contributed by atoms with Gasteiger partial charge >= 0.3 is 5.69 Å². The Balaban J connectivity index is 1.77. The maximum atomic E-state index is 13.0. The molecule has 30 heavy (non-hydrogen) atoms. The Labute approximate surface area is 175 Å². The lowest BCUT2D eigenvalue weighted by molar-refractivity contribution is -0.929. The molecule has 8 heteroatoms. The number of morpholine rings is 1. The van der Waals surface area contributed by atoms with Crippen LogP contribution in [0.5, 0.6) is 0 Å². The molecule has 0 aliphatic carbocycles. The van der Waals surface area contributed by atoms with Gasteiger partial charge in [-0.15, -0.1) is 0 Å². The second-order valence-electron chi connectivity index (χ2n) is 8.39. The molecule has 160 valence electrons. The summed E-state index contributed by atoms with van der Waals surface area (Å²) in [5.41, 5.74) is 1.51. The minimum atomic E-state index is -0.354. The molecule has 3 aromatic rings. The van der Waals surface area contributed by atoms with Gasteiger partial charge in [0.05, 0.1) is 0 Å². The van der Waals surface area contributed by atoms with E-state index in [1.54, 1.807) is 7.05 Å². The minimum absolute atomic E-state index is 0.183. The zero-order chi connectivity index (χ0) is 21.4. The predicted octanol–water partition coefficient (Wildman–Crippen LogP) is -0.131. The molecular formula is C22H30N5O3+. The molecule has 0 spiro atoms. The van der Waals surface area contributed by atoms with E-state index in [1.165, 1.54) is 26.6 Å². The van der Waals surface area contributed by atoms with Crippen molar-refractivity contribution in [2.24, 2.45) is 14.1 Å². The van der Waals surface area contributed by atoms with Gasteiger partial charge in [-0.25, -0.2) is 9.78 Å². The van der Waals surface area contributed by atoms with Crippen molar-refractivity contribution in [1.82, 2.24) is 18.7 Å². The third-order valence-corrected chi connectivity index (χ3v) is 5.92. The smallest absolute Gasteiger partial charge is 0.332 e. The number of quaternary nitrogens is 1. The van der Waals surface area contributed by atoms with E-state index in [0.29, 0.717) is 24.3 Å². The molecule has 1 aromatic carbocycles. The van der Waals surface area contributed by atoms with E-state index in [2.05, 4.69) is 26.0 Å². The van der Waals surface area contributed by atoms with Crippen LogP contribution in [0.1, 0.15) is 25.2 Å². The maximum Gasteiger partial charge on any atom is 0.332 e. The van der Waals surface area contributed by atoms with E-state index < -0.39 is 0 Å². The third kappa shape index (κ3) is 3.85. The van der Waals surface area contributed by atoms with E-state index in [0.717, 1.165) is 25.3 Å². The molecular weight excluding hydrogens is 382 g/mol. The Hall–Kier alpha value is -2.71. The lowest BCUT2D eigenvalue weighted by atomic mass is 10.1. The van der Waals surface area contributed by atoms with Crippen molar-refractivity contribution in [2.75, 3.05) is 13.1 Å². The number of fused-ring (bicyclic) bond motifs is 1. The second kappa shape index (κ2) is 8.20. The van der Waals surface area contributed by atoms with Gasteiger partial charge in [0, 0.05) is 20.6 Å². The van der Waals surface area contributed by atoms with Crippen LogP contribution in [0.2, 0.25) is 0 Å². The minimum Gasteiger partial charge on any atom is -0.364 e. The van der Waals surface area contributed by atoms with Crippen LogP contribution in [0, 0.1) is 0 Å². The summed E-state index contributed by atoms with van der Waals surface area (Å²) in [6, 6.07) is 10.2. The van der Waals surface area contributed by atoms with Crippen molar-refractivity contribution in [3.8, 4) is 0 Å². The van der Waals surface area contributed by atoms with E-state index in [4.69, 9.17) is 9.72 Å². The highest BCUT2D eigenvalue weighted by molar-refractivity contribution is 5.71. The average Bonchev–Trinajstić information content (AvgIpc) is 3.07. The van der Waals surface area contributed by atoms with Crippen LogP contribution in [-0.4, -0.2) is 44.0 Å². The number of ether oxygens (including phenoxy) is 1. The predicted molar refractivity (Wildman–Crippen MR) is 115 cm³/mol. The Morgan fingerprint density at radius 2 is 1.73 bits per heavy atom. The molecule has 0 radical (unpaired) electrons. The van der Waals surface area contributed by atoms with Gasteiger partial charge < -0.3 is 14.2 Å². The van der Waals surface area contributed by atoms with Crippen molar-refractivity contribution in [3.63, 3.8) is 0 Å². The van der Waals surface area contributed by atoms with Gasteiger partial charge in [-0.05, 0) is 25.8 Å². The number of imidazole rings is 1. The molecule has 1 aliphatic heterocycles. The van der Waals surface area contributed by atoms with Crippen molar-refractivity contribution in [1.29, 1.82) is 0 Å². The highest BCUT2D eigenvalue weighted by Crippen LogP contribution is 2.13. The molecule has 1 fully saturated rings. The number of nitrogens with zero attached hydrogens (tertiary/aromatic N) is 4. The largest absolute Gasteiger partial charge is 0.364 e. The molecule has 0 bridgehead atoms. The Morgan fingerprint density at radius 1 is 1.07 bits per heavy atom. The maximum absolute atomic E-state index is 13.0. The fourth-order valence-corrected chi connectivity index (χ4v) is 4.51. The lowest BCUT2D eigenvalue weighted by Gasteiger charge is -2.32. The first kappa shape index (κ1) is 20.6. The van der Waals surface area contributed by atoms with E-state index in [1.807, 2.05) is 22.8 Å². The summed E-state index contributed by atoms with van der Waals surface area (Å²) in [5.74, 6) is 0.843. The van der Waals surface area contributed by atoms with Gasteiger partial charge in [0.2, 0.25) is 0 Å². The normalized spacial score (nSPS) is 21.9. The molecule has 8 nitrogen and oxygen atoms in total. The zero-order valence-electron chi connectivity index (χ0n) is 18.1. The second-order valence-corrected chi connectivity index (χ2v) is 8.39. The summed E-state index contributed by atoms with van der Waals surface area (Å²) in [7, 11) is 3.20.